The maximum atomic E-state index is 12.3. The molecule has 0 aliphatic heterocycles. The number of H-pyrrole nitrogens is 2. The van der Waals surface area contributed by atoms with E-state index in [2.05, 4.69) is 35.6 Å². The third-order valence-electron chi connectivity index (χ3n) is 10.9. The molecule has 2 aromatic heterocycles. The Morgan fingerprint density at radius 1 is 0.623 bits per heavy atom. The van der Waals surface area contributed by atoms with Gasteiger partial charge in [-0.25, -0.2) is 9.59 Å². The molecule has 4 N–H and O–H groups in total. The lowest BCUT2D eigenvalue weighted by Gasteiger charge is -2.37. The molecule has 0 unspecified atom stereocenters. The minimum atomic E-state index is -1.15. The van der Waals surface area contributed by atoms with Crippen LogP contribution in [-0.4, -0.2) is 113 Å². The third-order valence-corrected chi connectivity index (χ3v) is 10.9. The molecule has 0 aliphatic rings. The summed E-state index contributed by atoms with van der Waals surface area (Å²) >= 11 is 0. The van der Waals surface area contributed by atoms with E-state index in [1.807, 2.05) is 85.8 Å². The van der Waals surface area contributed by atoms with Gasteiger partial charge in [-0.15, -0.1) is 0 Å². The van der Waals surface area contributed by atoms with E-state index in [9.17, 15) is 28.8 Å². The number of benzene rings is 3. The summed E-state index contributed by atoms with van der Waals surface area (Å²) in [6, 6.07) is 27.1. The van der Waals surface area contributed by atoms with Gasteiger partial charge in [-0.2, -0.15) is 0 Å². The SMILES string of the molecule is CCN(CC)CC.CC[C@@H](CO)COCn1ccc(=O)[nH]c1=O.COc1ccc(C(OC[C@H](COCn2ccc(=O)[nH]c2=O)COC(=O)CCC(=O)O)(c2ccccc2)c2ccc(OC)cc2)cc1. The highest BCUT2D eigenvalue weighted by Gasteiger charge is 2.38. The van der Waals surface area contributed by atoms with Crippen LogP contribution in [0.4, 0.5) is 0 Å². The minimum absolute atomic E-state index is 0.00608. The molecule has 376 valence electrons. The summed E-state index contributed by atoms with van der Waals surface area (Å²) < 4.78 is 36.7. The van der Waals surface area contributed by atoms with Gasteiger partial charge in [0.25, 0.3) is 11.1 Å². The maximum absolute atomic E-state index is 12.3. The van der Waals surface area contributed by atoms with Crippen LogP contribution in [0.2, 0.25) is 0 Å². The summed E-state index contributed by atoms with van der Waals surface area (Å²) in [5.41, 5.74) is -0.833. The lowest BCUT2D eigenvalue weighted by Crippen LogP contribution is -2.37. The number of nitrogens with one attached hydrogen (secondary N) is 2. The molecule has 19 nitrogen and oxygen atoms in total. The van der Waals surface area contributed by atoms with E-state index in [0.29, 0.717) is 18.1 Å². The van der Waals surface area contributed by atoms with Gasteiger partial charge >= 0.3 is 23.3 Å². The van der Waals surface area contributed by atoms with Crippen LogP contribution in [0, 0.1) is 11.8 Å². The average Bonchev–Trinajstić information content (AvgIpc) is 3.36. The lowest BCUT2D eigenvalue weighted by atomic mass is 9.80. The Hall–Kier alpha value is -6.64. The van der Waals surface area contributed by atoms with Crippen molar-refractivity contribution in [2.75, 3.05) is 66.9 Å². The highest BCUT2D eigenvalue weighted by atomic mass is 16.5. The predicted molar refractivity (Wildman–Crippen MR) is 258 cm³/mol. The number of carbonyl (C=O) groups is 2. The number of aliphatic hydroxyl groups excluding tert-OH is 1. The molecule has 69 heavy (non-hydrogen) atoms. The van der Waals surface area contributed by atoms with Gasteiger partial charge in [-0.1, -0.05) is 82.3 Å². The van der Waals surface area contributed by atoms with Gasteiger partial charge in [0.15, 0.2) is 0 Å². The number of hydrogen-bond acceptors (Lipinski definition) is 14. The molecule has 0 fully saturated rings. The third kappa shape index (κ3) is 18.8. The summed E-state index contributed by atoms with van der Waals surface area (Å²) in [5.74, 6) is -0.928. The monoisotopic (exact) mass is 961 g/mol. The van der Waals surface area contributed by atoms with Crippen molar-refractivity contribution in [2.24, 2.45) is 11.8 Å². The van der Waals surface area contributed by atoms with E-state index >= 15 is 0 Å². The number of aromatic nitrogens is 4. The quantitative estimate of drug-likeness (QED) is 0.0443. The van der Waals surface area contributed by atoms with Crippen molar-refractivity contribution < 1.29 is 48.2 Å². The molecule has 5 aromatic rings. The fourth-order valence-corrected chi connectivity index (χ4v) is 6.65. The maximum Gasteiger partial charge on any atom is 0.330 e. The molecule has 2 atom stereocenters. The Kier molecular flexibility index (Phi) is 25.2. The van der Waals surface area contributed by atoms with Gasteiger partial charge < -0.3 is 43.5 Å². The predicted octanol–water partition coefficient (Wildman–Crippen LogP) is 4.44. The number of aliphatic carboxylic acids is 1. The Morgan fingerprint density at radius 2 is 1.09 bits per heavy atom. The molecule has 0 aliphatic carbocycles. The first-order valence-electron chi connectivity index (χ1n) is 22.7. The van der Waals surface area contributed by atoms with Crippen LogP contribution in [0.3, 0.4) is 0 Å². The van der Waals surface area contributed by atoms with E-state index < -0.39 is 46.0 Å². The van der Waals surface area contributed by atoms with Gasteiger partial charge in [0.05, 0.1) is 53.5 Å². The highest BCUT2D eigenvalue weighted by Crippen LogP contribution is 2.42. The second-order valence-corrected chi connectivity index (χ2v) is 15.5. The van der Waals surface area contributed by atoms with Crippen molar-refractivity contribution in [2.45, 2.75) is 66.0 Å². The number of carboxylic acids is 1. The van der Waals surface area contributed by atoms with Crippen molar-refractivity contribution in [3.8, 4) is 11.5 Å². The van der Waals surface area contributed by atoms with Crippen LogP contribution >= 0.6 is 0 Å². The van der Waals surface area contributed by atoms with E-state index in [4.69, 9.17) is 38.6 Å². The summed E-state index contributed by atoms with van der Waals surface area (Å²) in [7, 11) is 3.17. The molecule has 19 heteroatoms. The Morgan fingerprint density at radius 3 is 1.48 bits per heavy atom. The lowest BCUT2D eigenvalue weighted by molar-refractivity contribution is -0.150. The van der Waals surface area contributed by atoms with Crippen LogP contribution in [0.15, 0.2) is 123 Å². The molecule has 0 saturated heterocycles. The normalized spacial score (nSPS) is 11.9. The molecule has 3 aromatic carbocycles. The molecule has 0 saturated carbocycles. The number of aromatic amines is 2. The summed E-state index contributed by atoms with van der Waals surface area (Å²) in [6.45, 7) is 12.3. The van der Waals surface area contributed by atoms with Crippen LogP contribution in [-0.2, 0) is 47.6 Å². The van der Waals surface area contributed by atoms with Crippen LogP contribution in [0.5, 0.6) is 11.5 Å². The van der Waals surface area contributed by atoms with Crippen molar-refractivity contribution >= 4 is 11.9 Å². The molecular formula is C50H67N5O14. The number of carboxylic acid groups (broad SMARTS) is 1. The molecule has 0 amide bonds. The fraction of sp³-hybridized carbons (Fsp3) is 0.440. The summed E-state index contributed by atoms with van der Waals surface area (Å²) in [6.07, 6.45) is 2.85. The van der Waals surface area contributed by atoms with Gasteiger partial charge in [0.2, 0.25) is 0 Å². The zero-order valence-electron chi connectivity index (χ0n) is 40.3. The largest absolute Gasteiger partial charge is 0.497 e. The van der Waals surface area contributed by atoms with Gasteiger partial charge in [0, 0.05) is 43.0 Å². The number of esters is 1. The number of carbonyl (C=O) groups excluding carboxylic acids is 1. The van der Waals surface area contributed by atoms with Crippen molar-refractivity contribution in [1.82, 2.24) is 24.0 Å². The topological polar surface area (TPSA) is 243 Å². The van der Waals surface area contributed by atoms with E-state index in [0.717, 1.165) is 23.1 Å². The number of rotatable bonds is 26. The summed E-state index contributed by atoms with van der Waals surface area (Å²) in [5, 5.41) is 17.9. The molecule has 0 bridgehead atoms. The first kappa shape index (κ1) is 56.7. The minimum Gasteiger partial charge on any atom is -0.497 e. The number of aliphatic hydroxyl groups is 1. The molecule has 5 rings (SSSR count). The smallest absolute Gasteiger partial charge is 0.330 e. The second-order valence-electron chi connectivity index (χ2n) is 15.5. The summed E-state index contributed by atoms with van der Waals surface area (Å²) in [4.78, 5) is 75.6. The van der Waals surface area contributed by atoms with Crippen molar-refractivity contribution in [3.63, 3.8) is 0 Å². The van der Waals surface area contributed by atoms with E-state index in [-0.39, 0.29) is 58.6 Å². The standard InChI is InChI=1S/C34H36N2O10.C10H16N2O4.C6H15N/c1-42-28-12-8-26(9-13-28)34(25-6-4-3-5-7-25,27-10-14-29(43-2)15-11-27)46-22-24(21-45-32(40)17-16-31(38)39)20-44-23-36-19-18-30(37)35-33(36)41;1-2-8(5-13)6-16-7-12-4-3-9(14)11-10(12)15;1-4-7(5-2)6-3/h3-15,18-19,24H,16-17,20-23H2,1-2H3,(H,38,39)(H,35,37,41);3-4,8,13H,2,5-7H2,1H3,(H,11,14,15);4-6H2,1-3H3/t24-;8-;/m10./s1. The average molecular weight is 962 g/mol. The molecule has 0 radical (unpaired) electrons. The Balaban J connectivity index is 0.000000449. The van der Waals surface area contributed by atoms with Crippen molar-refractivity contribution in [3.05, 3.63) is 162 Å². The first-order chi connectivity index (χ1) is 33.3. The van der Waals surface area contributed by atoms with Gasteiger partial charge in [-0.3, -0.25) is 38.3 Å². The zero-order chi connectivity index (χ0) is 50.6. The van der Waals surface area contributed by atoms with E-state index in [1.54, 1.807) is 14.2 Å². The van der Waals surface area contributed by atoms with Gasteiger partial charge in [0.1, 0.15) is 30.6 Å². The number of ether oxygens (including phenoxy) is 6. The Bertz CT molecular complexity index is 2430. The van der Waals surface area contributed by atoms with E-state index in [1.165, 1.54) is 53.3 Å². The number of methoxy groups -OCH3 is 2. The number of hydrogen-bond donors (Lipinski definition) is 4. The van der Waals surface area contributed by atoms with Gasteiger partial charge in [-0.05, 0) is 67.0 Å². The van der Waals surface area contributed by atoms with Crippen LogP contribution in [0.25, 0.3) is 0 Å². The van der Waals surface area contributed by atoms with Crippen LogP contribution in [0.1, 0.15) is 63.6 Å². The fourth-order valence-electron chi connectivity index (χ4n) is 6.65. The first-order valence-corrected chi connectivity index (χ1v) is 22.7. The highest BCUT2D eigenvalue weighted by molar-refractivity contribution is 5.76. The second kappa shape index (κ2) is 30.7. The molecular weight excluding hydrogens is 895 g/mol. The Labute approximate surface area is 401 Å². The van der Waals surface area contributed by atoms with Crippen molar-refractivity contribution in [1.29, 1.82) is 0 Å². The zero-order valence-corrected chi connectivity index (χ0v) is 40.3. The molecule has 0 spiro atoms. The number of nitrogens with zero attached hydrogens (tertiary/aromatic N) is 3. The van der Waals surface area contributed by atoms with Crippen LogP contribution < -0.4 is 32.0 Å². The molecule has 2 heterocycles.